The number of hydrogen-bond donors (Lipinski definition) is 1. The van der Waals surface area contributed by atoms with E-state index in [0.29, 0.717) is 6.42 Å². The molecule has 0 aromatic carbocycles. The van der Waals surface area contributed by atoms with Gasteiger partial charge in [0.25, 0.3) is 0 Å². The second kappa shape index (κ2) is 4.45. The molecule has 1 rings (SSSR count). The van der Waals surface area contributed by atoms with E-state index in [1.807, 2.05) is 11.4 Å². The lowest BCUT2D eigenvalue weighted by atomic mass is 9.88. The van der Waals surface area contributed by atoms with Gasteiger partial charge in [-0.1, -0.05) is 0 Å². The first-order valence-electron chi connectivity index (χ1n) is 4.38. The zero-order valence-electron chi connectivity index (χ0n) is 8.21. The average Bonchev–Trinajstić information content (AvgIpc) is 2.48. The molecule has 0 spiro atoms. The summed E-state index contributed by atoms with van der Waals surface area (Å²) in [5.41, 5.74) is -0.629. The number of thiophene rings is 1. The summed E-state index contributed by atoms with van der Waals surface area (Å²) in [7, 11) is 0. The quantitative estimate of drug-likeness (QED) is 0.913. The summed E-state index contributed by atoms with van der Waals surface area (Å²) in [6, 6.07) is 2.04. The summed E-state index contributed by atoms with van der Waals surface area (Å²) in [6.45, 7) is 3.52. The molecular formula is C10H13BrO2S. The molecule has 1 aromatic heterocycles. The van der Waals surface area contributed by atoms with Crippen LogP contribution in [-0.2, 0) is 11.2 Å². The van der Waals surface area contributed by atoms with Crippen molar-refractivity contribution in [1.82, 2.24) is 0 Å². The minimum absolute atomic E-state index is 0.629. The third kappa shape index (κ3) is 3.10. The summed E-state index contributed by atoms with van der Waals surface area (Å²) in [5.74, 6) is -0.729. The van der Waals surface area contributed by atoms with Gasteiger partial charge in [0.2, 0.25) is 0 Å². The summed E-state index contributed by atoms with van der Waals surface area (Å²) < 4.78 is 1.07. The van der Waals surface area contributed by atoms with Crippen LogP contribution in [0.3, 0.4) is 0 Å². The van der Waals surface area contributed by atoms with Gasteiger partial charge in [-0.3, -0.25) is 4.79 Å². The smallest absolute Gasteiger partial charge is 0.309 e. The van der Waals surface area contributed by atoms with Crippen molar-refractivity contribution in [2.75, 3.05) is 0 Å². The molecule has 0 aliphatic heterocycles. The number of carboxylic acid groups (broad SMARTS) is 1. The van der Waals surface area contributed by atoms with Crippen molar-refractivity contribution in [1.29, 1.82) is 0 Å². The zero-order valence-corrected chi connectivity index (χ0v) is 10.6. The summed E-state index contributed by atoms with van der Waals surface area (Å²) in [6.07, 6.45) is 1.50. The normalized spacial score (nSPS) is 11.6. The van der Waals surface area contributed by atoms with Gasteiger partial charge in [-0.2, -0.15) is 0 Å². The first-order chi connectivity index (χ1) is 6.42. The number of aliphatic carboxylic acids is 1. The van der Waals surface area contributed by atoms with Crippen LogP contribution in [0.15, 0.2) is 15.9 Å². The van der Waals surface area contributed by atoms with Crippen molar-refractivity contribution in [3.63, 3.8) is 0 Å². The van der Waals surface area contributed by atoms with Gasteiger partial charge >= 0.3 is 5.97 Å². The number of carbonyl (C=O) groups is 1. The largest absolute Gasteiger partial charge is 0.481 e. The second-order valence-electron chi connectivity index (χ2n) is 3.92. The summed E-state index contributed by atoms with van der Waals surface area (Å²) in [4.78, 5) is 12.1. The highest BCUT2D eigenvalue weighted by atomic mass is 79.9. The highest BCUT2D eigenvalue weighted by Gasteiger charge is 2.26. The fourth-order valence-corrected chi connectivity index (χ4v) is 2.48. The van der Waals surface area contributed by atoms with E-state index in [2.05, 4.69) is 15.9 Å². The van der Waals surface area contributed by atoms with E-state index in [1.165, 1.54) is 4.88 Å². The number of halogens is 1. The molecule has 0 amide bonds. The maximum absolute atomic E-state index is 10.8. The minimum atomic E-state index is -0.729. The monoisotopic (exact) mass is 276 g/mol. The number of carboxylic acids is 1. The van der Waals surface area contributed by atoms with Gasteiger partial charge in [0.15, 0.2) is 0 Å². The van der Waals surface area contributed by atoms with Crippen molar-refractivity contribution in [3.8, 4) is 0 Å². The van der Waals surface area contributed by atoms with Crippen LogP contribution in [0, 0.1) is 5.41 Å². The van der Waals surface area contributed by atoms with Gasteiger partial charge in [-0.25, -0.2) is 0 Å². The molecule has 0 unspecified atom stereocenters. The lowest BCUT2D eigenvalue weighted by Crippen LogP contribution is -2.23. The summed E-state index contributed by atoms with van der Waals surface area (Å²) in [5, 5.41) is 10.9. The van der Waals surface area contributed by atoms with Crippen molar-refractivity contribution < 1.29 is 9.90 Å². The molecule has 1 N–H and O–H groups in total. The van der Waals surface area contributed by atoms with Crippen molar-refractivity contribution in [2.24, 2.45) is 5.41 Å². The van der Waals surface area contributed by atoms with E-state index in [1.54, 1.807) is 25.2 Å². The zero-order chi connectivity index (χ0) is 10.8. The third-order valence-corrected chi connectivity index (χ3v) is 3.95. The molecular weight excluding hydrogens is 264 g/mol. The highest BCUT2D eigenvalue weighted by molar-refractivity contribution is 9.10. The molecule has 0 atom stereocenters. The Balaban J connectivity index is 2.52. The first kappa shape index (κ1) is 11.7. The Morgan fingerprint density at radius 2 is 2.29 bits per heavy atom. The van der Waals surface area contributed by atoms with Gasteiger partial charge in [0.05, 0.1) is 5.41 Å². The SMILES string of the molecule is CC(C)(CCc1cc(Br)cs1)C(=O)O. The Hall–Kier alpha value is -0.350. The van der Waals surface area contributed by atoms with Crippen molar-refractivity contribution in [2.45, 2.75) is 26.7 Å². The molecule has 0 bridgehead atoms. The van der Waals surface area contributed by atoms with E-state index in [4.69, 9.17) is 5.11 Å². The van der Waals surface area contributed by atoms with E-state index >= 15 is 0 Å². The molecule has 0 aliphatic rings. The van der Waals surface area contributed by atoms with Crippen LogP contribution in [0.2, 0.25) is 0 Å². The van der Waals surface area contributed by atoms with E-state index in [0.717, 1.165) is 10.9 Å². The second-order valence-corrected chi connectivity index (χ2v) is 5.83. The molecule has 0 fully saturated rings. The van der Waals surface area contributed by atoms with Gasteiger partial charge in [-0.05, 0) is 48.7 Å². The lowest BCUT2D eigenvalue weighted by molar-refractivity contribution is -0.147. The number of aryl methyl sites for hydroxylation is 1. The summed E-state index contributed by atoms with van der Waals surface area (Å²) >= 11 is 5.04. The fourth-order valence-electron chi connectivity index (χ4n) is 1.03. The Labute approximate surface area is 96.1 Å². The Morgan fingerprint density at radius 3 is 2.71 bits per heavy atom. The van der Waals surface area contributed by atoms with Crippen molar-refractivity contribution in [3.05, 3.63) is 20.8 Å². The Kier molecular flexibility index (Phi) is 3.72. The average molecular weight is 277 g/mol. The van der Waals surface area contributed by atoms with Crippen LogP contribution in [0.25, 0.3) is 0 Å². The molecule has 0 aliphatic carbocycles. The molecule has 14 heavy (non-hydrogen) atoms. The molecule has 1 aromatic rings. The molecule has 1 heterocycles. The van der Waals surface area contributed by atoms with Gasteiger partial charge in [0.1, 0.15) is 0 Å². The first-order valence-corrected chi connectivity index (χ1v) is 6.05. The topological polar surface area (TPSA) is 37.3 Å². The molecule has 4 heteroatoms. The fraction of sp³-hybridized carbons (Fsp3) is 0.500. The molecule has 2 nitrogen and oxygen atoms in total. The minimum Gasteiger partial charge on any atom is -0.481 e. The van der Waals surface area contributed by atoms with Gasteiger partial charge in [0, 0.05) is 14.7 Å². The Bertz CT molecular complexity index is 331. The van der Waals surface area contributed by atoms with Crippen LogP contribution in [0.5, 0.6) is 0 Å². The number of hydrogen-bond acceptors (Lipinski definition) is 2. The van der Waals surface area contributed by atoms with Gasteiger partial charge < -0.3 is 5.11 Å². The van der Waals surface area contributed by atoms with Crippen molar-refractivity contribution >= 4 is 33.2 Å². The molecule has 0 saturated heterocycles. The highest BCUT2D eigenvalue weighted by Crippen LogP contribution is 2.27. The predicted molar refractivity (Wildman–Crippen MR) is 61.8 cm³/mol. The maximum Gasteiger partial charge on any atom is 0.309 e. The van der Waals surface area contributed by atoms with Crippen LogP contribution in [0.4, 0.5) is 0 Å². The Morgan fingerprint density at radius 1 is 1.64 bits per heavy atom. The van der Waals surface area contributed by atoms with Crippen LogP contribution < -0.4 is 0 Å². The lowest BCUT2D eigenvalue weighted by Gasteiger charge is -2.17. The van der Waals surface area contributed by atoms with Crippen LogP contribution in [-0.4, -0.2) is 11.1 Å². The van der Waals surface area contributed by atoms with E-state index in [-0.39, 0.29) is 0 Å². The molecule has 0 saturated carbocycles. The van der Waals surface area contributed by atoms with Gasteiger partial charge in [-0.15, -0.1) is 11.3 Å². The third-order valence-electron chi connectivity index (χ3n) is 2.20. The molecule has 78 valence electrons. The van der Waals surface area contributed by atoms with E-state index < -0.39 is 11.4 Å². The standard InChI is InChI=1S/C10H13BrO2S/c1-10(2,9(12)13)4-3-8-5-7(11)6-14-8/h5-6H,3-4H2,1-2H3,(H,12,13). The number of rotatable bonds is 4. The molecule has 0 radical (unpaired) electrons. The maximum atomic E-state index is 10.8. The van der Waals surface area contributed by atoms with E-state index in [9.17, 15) is 4.79 Å². The predicted octanol–water partition coefficient (Wildman–Crippen LogP) is 3.55. The van der Waals surface area contributed by atoms with Crippen LogP contribution >= 0.6 is 27.3 Å². The van der Waals surface area contributed by atoms with Crippen LogP contribution in [0.1, 0.15) is 25.1 Å².